The van der Waals surface area contributed by atoms with Gasteiger partial charge in [0.15, 0.2) is 0 Å². The molecule has 3 heteroatoms. The Hall–Kier alpha value is -0.570. The lowest BCUT2D eigenvalue weighted by atomic mass is 10.2. The first-order valence-corrected chi connectivity index (χ1v) is 5.26. The number of aromatic nitrogens is 1. The van der Waals surface area contributed by atoms with E-state index in [-0.39, 0.29) is 0 Å². The number of hydrogen-bond acceptors (Lipinski definition) is 2. The number of halogens is 1. The van der Waals surface area contributed by atoms with E-state index in [9.17, 15) is 4.39 Å². The summed E-state index contributed by atoms with van der Waals surface area (Å²) in [7, 11) is 0. The molecule has 0 fully saturated rings. The Bertz CT molecular complexity index is 275. The predicted molar refractivity (Wildman–Crippen MR) is 54.4 cm³/mol. The van der Waals surface area contributed by atoms with E-state index in [4.69, 9.17) is 0 Å². The molecule has 0 aliphatic rings. The zero-order chi connectivity index (χ0) is 9.84. The van der Waals surface area contributed by atoms with E-state index in [1.165, 1.54) is 12.3 Å². The SMILES string of the molecule is CC(C)C(C)Sc1ccnc(F)c1. The van der Waals surface area contributed by atoms with Crippen LogP contribution in [-0.2, 0) is 0 Å². The molecular formula is C10H14FNS. The molecule has 0 aliphatic carbocycles. The molecule has 13 heavy (non-hydrogen) atoms. The fourth-order valence-corrected chi connectivity index (χ4v) is 1.81. The number of rotatable bonds is 3. The van der Waals surface area contributed by atoms with E-state index in [1.807, 2.05) is 6.07 Å². The zero-order valence-corrected chi connectivity index (χ0v) is 8.94. The van der Waals surface area contributed by atoms with E-state index >= 15 is 0 Å². The summed E-state index contributed by atoms with van der Waals surface area (Å²) in [5.74, 6) is 0.196. The lowest BCUT2D eigenvalue weighted by Crippen LogP contribution is -2.05. The Morgan fingerprint density at radius 1 is 1.38 bits per heavy atom. The van der Waals surface area contributed by atoms with Gasteiger partial charge in [-0.3, -0.25) is 0 Å². The van der Waals surface area contributed by atoms with Gasteiger partial charge in [0.25, 0.3) is 0 Å². The van der Waals surface area contributed by atoms with Gasteiger partial charge in [0, 0.05) is 22.4 Å². The Kier molecular flexibility index (Phi) is 3.72. The molecular weight excluding hydrogens is 185 g/mol. The molecule has 0 saturated heterocycles. The lowest BCUT2D eigenvalue weighted by Gasteiger charge is -2.14. The minimum Gasteiger partial charge on any atom is -0.228 e. The summed E-state index contributed by atoms with van der Waals surface area (Å²) in [4.78, 5) is 4.46. The highest BCUT2D eigenvalue weighted by molar-refractivity contribution is 8.00. The van der Waals surface area contributed by atoms with Crippen LogP contribution in [0.2, 0.25) is 0 Å². The maximum atomic E-state index is 12.7. The molecule has 0 bridgehead atoms. The predicted octanol–water partition coefficient (Wildman–Crippen LogP) is 3.36. The van der Waals surface area contributed by atoms with Gasteiger partial charge in [-0.2, -0.15) is 4.39 Å². The van der Waals surface area contributed by atoms with E-state index in [0.717, 1.165) is 4.90 Å². The smallest absolute Gasteiger partial charge is 0.213 e. The van der Waals surface area contributed by atoms with Gasteiger partial charge in [-0.25, -0.2) is 4.98 Å². The Balaban J connectivity index is 2.64. The highest BCUT2D eigenvalue weighted by Crippen LogP contribution is 2.27. The number of thioether (sulfide) groups is 1. The molecule has 1 nitrogen and oxygen atoms in total. The molecule has 1 aromatic heterocycles. The van der Waals surface area contributed by atoms with Gasteiger partial charge in [0.05, 0.1) is 0 Å². The summed E-state index contributed by atoms with van der Waals surface area (Å²) < 4.78 is 12.7. The van der Waals surface area contributed by atoms with Crippen molar-refractivity contribution in [2.75, 3.05) is 0 Å². The summed E-state index contributed by atoms with van der Waals surface area (Å²) >= 11 is 1.69. The van der Waals surface area contributed by atoms with E-state index in [2.05, 4.69) is 25.8 Å². The molecule has 0 aliphatic heterocycles. The molecule has 0 radical (unpaired) electrons. The number of nitrogens with zero attached hydrogens (tertiary/aromatic N) is 1. The monoisotopic (exact) mass is 199 g/mol. The largest absolute Gasteiger partial charge is 0.228 e. The summed E-state index contributed by atoms with van der Waals surface area (Å²) in [6.07, 6.45) is 1.50. The van der Waals surface area contributed by atoms with E-state index < -0.39 is 5.95 Å². The van der Waals surface area contributed by atoms with Crippen LogP contribution < -0.4 is 0 Å². The van der Waals surface area contributed by atoms with Crippen LogP contribution in [0, 0.1) is 11.9 Å². The highest BCUT2D eigenvalue weighted by Gasteiger charge is 2.08. The molecule has 1 atom stereocenters. The molecule has 0 amide bonds. The molecule has 1 aromatic rings. The van der Waals surface area contributed by atoms with Gasteiger partial charge in [0.1, 0.15) is 0 Å². The molecule has 72 valence electrons. The van der Waals surface area contributed by atoms with Crippen molar-refractivity contribution in [3.8, 4) is 0 Å². The normalized spacial score (nSPS) is 13.3. The van der Waals surface area contributed by atoms with Gasteiger partial charge in [-0.15, -0.1) is 11.8 Å². The standard InChI is InChI=1S/C10H14FNS/c1-7(2)8(3)13-9-4-5-12-10(11)6-9/h4-8H,1-3H3. The van der Waals surface area contributed by atoms with Gasteiger partial charge in [-0.1, -0.05) is 20.8 Å². The lowest BCUT2D eigenvalue weighted by molar-refractivity contribution is 0.579. The topological polar surface area (TPSA) is 12.9 Å². The van der Waals surface area contributed by atoms with E-state index in [1.54, 1.807) is 11.8 Å². The summed E-state index contributed by atoms with van der Waals surface area (Å²) in [6.45, 7) is 6.47. The minimum atomic E-state index is -0.402. The molecule has 1 rings (SSSR count). The Morgan fingerprint density at radius 3 is 2.62 bits per heavy atom. The van der Waals surface area contributed by atoms with Crippen LogP contribution >= 0.6 is 11.8 Å². The van der Waals surface area contributed by atoms with Crippen LogP contribution in [0.15, 0.2) is 23.2 Å². The third-order valence-electron chi connectivity index (χ3n) is 1.96. The van der Waals surface area contributed by atoms with Gasteiger partial charge >= 0.3 is 0 Å². The van der Waals surface area contributed by atoms with Gasteiger partial charge in [0.2, 0.25) is 5.95 Å². The molecule has 1 unspecified atom stereocenters. The van der Waals surface area contributed by atoms with Crippen molar-refractivity contribution in [3.05, 3.63) is 24.3 Å². The van der Waals surface area contributed by atoms with Crippen molar-refractivity contribution in [2.45, 2.75) is 30.9 Å². The van der Waals surface area contributed by atoms with Gasteiger partial charge < -0.3 is 0 Å². The third kappa shape index (κ3) is 3.35. The molecule has 1 heterocycles. The van der Waals surface area contributed by atoms with Crippen molar-refractivity contribution in [1.29, 1.82) is 0 Å². The second-order valence-electron chi connectivity index (χ2n) is 3.38. The van der Waals surface area contributed by atoms with Crippen LogP contribution in [0.25, 0.3) is 0 Å². The zero-order valence-electron chi connectivity index (χ0n) is 8.12. The molecule has 0 aromatic carbocycles. The maximum absolute atomic E-state index is 12.7. The Labute approximate surface area is 82.8 Å². The van der Waals surface area contributed by atoms with Crippen molar-refractivity contribution >= 4 is 11.8 Å². The maximum Gasteiger partial charge on any atom is 0.213 e. The van der Waals surface area contributed by atoms with Crippen LogP contribution in [-0.4, -0.2) is 10.2 Å². The molecule has 0 N–H and O–H groups in total. The first kappa shape index (κ1) is 10.5. The molecule has 0 saturated carbocycles. The fourth-order valence-electron chi connectivity index (χ4n) is 0.809. The quantitative estimate of drug-likeness (QED) is 0.547. The van der Waals surface area contributed by atoms with Crippen molar-refractivity contribution < 1.29 is 4.39 Å². The van der Waals surface area contributed by atoms with Crippen LogP contribution in [0.4, 0.5) is 4.39 Å². The highest BCUT2D eigenvalue weighted by atomic mass is 32.2. The number of hydrogen-bond donors (Lipinski definition) is 0. The average Bonchev–Trinajstić information content (AvgIpc) is 2.04. The van der Waals surface area contributed by atoms with Crippen molar-refractivity contribution in [3.63, 3.8) is 0 Å². The van der Waals surface area contributed by atoms with E-state index in [0.29, 0.717) is 11.2 Å². The second kappa shape index (κ2) is 4.61. The summed E-state index contributed by atoms with van der Waals surface area (Å²) in [5, 5.41) is 0.502. The van der Waals surface area contributed by atoms with Crippen LogP contribution in [0.5, 0.6) is 0 Å². The average molecular weight is 199 g/mol. The molecule has 0 spiro atoms. The Morgan fingerprint density at radius 2 is 2.08 bits per heavy atom. The van der Waals surface area contributed by atoms with Crippen LogP contribution in [0.3, 0.4) is 0 Å². The third-order valence-corrected chi connectivity index (χ3v) is 3.40. The first-order chi connectivity index (χ1) is 6.09. The number of pyridine rings is 1. The van der Waals surface area contributed by atoms with Gasteiger partial charge in [-0.05, 0) is 12.0 Å². The van der Waals surface area contributed by atoms with Crippen LogP contribution in [0.1, 0.15) is 20.8 Å². The summed E-state index contributed by atoms with van der Waals surface area (Å²) in [5.41, 5.74) is 0. The minimum absolute atomic E-state index is 0.402. The fraction of sp³-hybridized carbons (Fsp3) is 0.500. The summed E-state index contributed by atoms with van der Waals surface area (Å²) in [6, 6.07) is 3.32. The van der Waals surface area contributed by atoms with Crippen molar-refractivity contribution in [1.82, 2.24) is 4.98 Å². The second-order valence-corrected chi connectivity index (χ2v) is 4.83. The van der Waals surface area contributed by atoms with Crippen molar-refractivity contribution in [2.24, 2.45) is 5.92 Å². The first-order valence-electron chi connectivity index (χ1n) is 4.38.